The molecule has 1 atom stereocenters. The van der Waals surface area contributed by atoms with Gasteiger partial charge in [-0.15, -0.1) is 10.2 Å². The van der Waals surface area contributed by atoms with Gasteiger partial charge in [0, 0.05) is 13.0 Å². The highest BCUT2D eigenvalue weighted by atomic mass is 16.5. The quantitative estimate of drug-likeness (QED) is 0.746. The van der Waals surface area contributed by atoms with Crippen molar-refractivity contribution >= 4 is 5.97 Å². The molecule has 0 N–H and O–H groups in total. The number of aryl methyl sites for hydroxylation is 1. The predicted octanol–water partition coefficient (Wildman–Crippen LogP) is 1.02. The minimum absolute atomic E-state index is 0.0303. The Kier molecular flexibility index (Phi) is 4.30. The number of carbonyl (C=O) groups excluding carboxylic acids is 1. The fraction of sp³-hybridized carbons (Fsp3) is 0.750. The average molecular weight is 253 g/mol. The van der Waals surface area contributed by atoms with Crippen LogP contribution in [-0.4, -0.2) is 41.3 Å². The third-order valence-corrected chi connectivity index (χ3v) is 3.21. The summed E-state index contributed by atoms with van der Waals surface area (Å²) in [5.74, 6) is 1.13. The summed E-state index contributed by atoms with van der Waals surface area (Å²) in [5, 5.41) is 7.93. The molecule has 1 aromatic heterocycles. The molecule has 1 aliphatic heterocycles. The second-order valence-electron chi connectivity index (χ2n) is 4.54. The van der Waals surface area contributed by atoms with Crippen molar-refractivity contribution < 1.29 is 13.9 Å². The van der Waals surface area contributed by atoms with Gasteiger partial charge in [-0.25, -0.2) is 0 Å². The van der Waals surface area contributed by atoms with Crippen molar-refractivity contribution in [3.8, 4) is 0 Å². The lowest BCUT2D eigenvalue weighted by Crippen LogP contribution is -2.38. The first-order valence-electron chi connectivity index (χ1n) is 6.34. The van der Waals surface area contributed by atoms with Crippen molar-refractivity contribution in [2.75, 3.05) is 20.2 Å². The van der Waals surface area contributed by atoms with Gasteiger partial charge in [0.25, 0.3) is 0 Å². The van der Waals surface area contributed by atoms with Crippen molar-refractivity contribution in [2.45, 2.75) is 32.7 Å². The second-order valence-corrected chi connectivity index (χ2v) is 4.54. The van der Waals surface area contributed by atoms with Gasteiger partial charge in [0.15, 0.2) is 0 Å². The molecule has 1 aliphatic rings. The van der Waals surface area contributed by atoms with E-state index in [4.69, 9.17) is 9.15 Å². The van der Waals surface area contributed by atoms with Crippen molar-refractivity contribution in [1.82, 2.24) is 15.1 Å². The molecule has 0 aliphatic carbocycles. The van der Waals surface area contributed by atoms with E-state index in [1.165, 1.54) is 7.11 Å². The van der Waals surface area contributed by atoms with Crippen LogP contribution in [-0.2, 0) is 22.5 Å². The molecular formula is C12H19N3O3. The molecule has 0 radical (unpaired) electrons. The van der Waals surface area contributed by atoms with Gasteiger partial charge in [-0.05, 0) is 19.4 Å². The highest BCUT2D eigenvalue weighted by molar-refractivity contribution is 5.72. The Morgan fingerprint density at radius 3 is 2.94 bits per heavy atom. The van der Waals surface area contributed by atoms with Gasteiger partial charge in [0.1, 0.15) is 0 Å². The van der Waals surface area contributed by atoms with E-state index in [0.29, 0.717) is 24.9 Å². The summed E-state index contributed by atoms with van der Waals surface area (Å²) in [6, 6.07) is 0. The Bertz CT molecular complexity index is 405. The monoisotopic (exact) mass is 253 g/mol. The minimum atomic E-state index is -0.125. The summed E-state index contributed by atoms with van der Waals surface area (Å²) in [4.78, 5) is 13.7. The topological polar surface area (TPSA) is 68.5 Å². The van der Waals surface area contributed by atoms with Gasteiger partial charge in [-0.1, -0.05) is 6.92 Å². The first-order valence-corrected chi connectivity index (χ1v) is 6.34. The lowest BCUT2D eigenvalue weighted by molar-refractivity contribution is -0.147. The maximum absolute atomic E-state index is 11.5. The number of ether oxygens (including phenoxy) is 1. The molecule has 2 rings (SSSR count). The van der Waals surface area contributed by atoms with E-state index in [0.717, 1.165) is 25.8 Å². The maximum atomic E-state index is 11.5. The zero-order valence-electron chi connectivity index (χ0n) is 10.9. The molecule has 1 unspecified atom stereocenters. The second kappa shape index (κ2) is 5.95. The van der Waals surface area contributed by atoms with E-state index in [-0.39, 0.29) is 11.9 Å². The summed E-state index contributed by atoms with van der Waals surface area (Å²) in [6.45, 7) is 4.25. The normalized spacial score (nSPS) is 20.9. The fourth-order valence-electron chi connectivity index (χ4n) is 2.24. The minimum Gasteiger partial charge on any atom is -0.469 e. The predicted molar refractivity (Wildman–Crippen MR) is 63.7 cm³/mol. The number of likely N-dealkylation sites (tertiary alicyclic amines) is 1. The molecule has 0 spiro atoms. The highest BCUT2D eigenvalue weighted by Gasteiger charge is 2.27. The molecule has 0 aromatic carbocycles. The van der Waals surface area contributed by atoms with Crippen LogP contribution in [0.15, 0.2) is 4.42 Å². The number of nitrogens with zero attached hydrogens (tertiary/aromatic N) is 3. The molecule has 1 aromatic rings. The smallest absolute Gasteiger partial charge is 0.309 e. The average Bonchev–Trinajstić information content (AvgIpc) is 2.86. The van der Waals surface area contributed by atoms with E-state index >= 15 is 0 Å². The number of methoxy groups -OCH3 is 1. The zero-order valence-corrected chi connectivity index (χ0v) is 10.9. The van der Waals surface area contributed by atoms with Crippen LogP contribution in [0.1, 0.15) is 31.5 Å². The van der Waals surface area contributed by atoms with Gasteiger partial charge in [0.05, 0.1) is 19.6 Å². The molecule has 100 valence electrons. The summed E-state index contributed by atoms with van der Waals surface area (Å²) in [5.41, 5.74) is 0. The first-order chi connectivity index (χ1) is 8.72. The highest BCUT2D eigenvalue weighted by Crippen LogP contribution is 2.19. The molecule has 6 nitrogen and oxygen atoms in total. The molecule has 2 heterocycles. The Hall–Kier alpha value is -1.43. The number of esters is 1. The van der Waals surface area contributed by atoms with Crippen LogP contribution in [0, 0.1) is 5.92 Å². The van der Waals surface area contributed by atoms with Crippen molar-refractivity contribution in [3.05, 3.63) is 11.8 Å². The number of hydrogen-bond acceptors (Lipinski definition) is 6. The lowest BCUT2D eigenvalue weighted by Gasteiger charge is -2.29. The third-order valence-electron chi connectivity index (χ3n) is 3.21. The molecule has 18 heavy (non-hydrogen) atoms. The Balaban J connectivity index is 1.91. The van der Waals surface area contributed by atoms with Gasteiger partial charge < -0.3 is 9.15 Å². The first kappa shape index (κ1) is 13.0. The van der Waals surface area contributed by atoms with Crippen molar-refractivity contribution in [3.63, 3.8) is 0 Å². The van der Waals surface area contributed by atoms with Crippen LogP contribution in [0.3, 0.4) is 0 Å². The molecule has 0 saturated carbocycles. The van der Waals surface area contributed by atoms with Crippen LogP contribution in [0.2, 0.25) is 0 Å². The standard InChI is InChI=1S/C12H19N3O3/c1-3-10-13-14-11(18-10)8-15-6-4-5-9(7-15)12(16)17-2/h9H,3-8H2,1-2H3. The van der Waals surface area contributed by atoms with Gasteiger partial charge in [-0.3, -0.25) is 9.69 Å². The Morgan fingerprint density at radius 1 is 1.50 bits per heavy atom. The van der Waals surface area contributed by atoms with Crippen molar-refractivity contribution in [2.24, 2.45) is 5.92 Å². The van der Waals surface area contributed by atoms with Crippen LogP contribution in [0.4, 0.5) is 0 Å². The van der Waals surface area contributed by atoms with Crippen LogP contribution < -0.4 is 0 Å². The number of rotatable bonds is 4. The third kappa shape index (κ3) is 3.07. The summed E-state index contributed by atoms with van der Waals surface area (Å²) in [7, 11) is 1.44. The number of hydrogen-bond donors (Lipinski definition) is 0. The molecule has 6 heteroatoms. The summed E-state index contributed by atoms with van der Waals surface area (Å²) >= 11 is 0. The van der Waals surface area contributed by atoms with Crippen LogP contribution in [0.25, 0.3) is 0 Å². The van der Waals surface area contributed by atoms with E-state index in [1.54, 1.807) is 0 Å². The van der Waals surface area contributed by atoms with E-state index in [9.17, 15) is 4.79 Å². The molecule has 0 bridgehead atoms. The Morgan fingerprint density at radius 2 is 2.28 bits per heavy atom. The van der Waals surface area contributed by atoms with Crippen LogP contribution >= 0.6 is 0 Å². The number of carbonyl (C=O) groups is 1. The molecule has 0 amide bonds. The van der Waals surface area contributed by atoms with E-state index in [2.05, 4.69) is 15.1 Å². The van der Waals surface area contributed by atoms with Crippen molar-refractivity contribution in [1.29, 1.82) is 0 Å². The van der Waals surface area contributed by atoms with Gasteiger partial charge in [-0.2, -0.15) is 0 Å². The van der Waals surface area contributed by atoms with Gasteiger partial charge >= 0.3 is 5.97 Å². The van der Waals surface area contributed by atoms with Gasteiger partial charge in [0.2, 0.25) is 11.8 Å². The Labute approximate surface area is 106 Å². The van der Waals surface area contributed by atoms with E-state index < -0.39 is 0 Å². The molecule has 1 fully saturated rings. The van der Waals surface area contributed by atoms with E-state index in [1.807, 2.05) is 6.92 Å². The zero-order chi connectivity index (χ0) is 13.0. The van der Waals surface area contributed by atoms with Crippen LogP contribution in [0.5, 0.6) is 0 Å². The fourth-order valence-corrected chi connectivity index (χ4v) is 2.24. The SMILES string of the molecule is CCc1nnc(CN2CCCC(C(=O)OC)C2)o1. The molecule has 1 saturated heterocycles. The summed E-state index contributed by atoms with van der Waals surface area (Å²) in [6.07, 6.45) is 2.64. The maximum Gasteiger partial charge on any atom is 0.309 e. The largest absolute Gasteiger partial charge is 0.469 e. The summed E-state index contributed by atoms with van der Waals surface area (Å²) < 4.78 is 10.3. The number of aromatic nitrogens is 2. The number of piperidine rings is 1. The molecular weight excluding hydrogens is 234 g/mol. The lowest BCUT2D eigenvalue weighted by atomic mass is 9.98.